The molecule has 0 saturated heterocycles. The summed E-state index contributed by atoms with van der Waals surface area (Å²) in [4.78, 5) is 0. The van der Waals surface area contributed by atoms with E-state index in [4.69, 9.17) is 5.73 Å². The van der Waals surface area contributed by atoms with E-state index < -0.39 is 5.41 Å². The molecule has 10 aromatic rings. The Morgan fingerprint density at radius 2 is 0.956 bits per heavy atom. The minimum atomic E-state index is -0.432. The van der Waals surface area contributed by atoms with Crippen LogP contribution < -0.4 is 5.73 Å². The van der Waals surface area contributed by atoms with Crippen LogP contribution in [0.15, 0.2) is 237 Å². The maximum absolute atomic E-state index is 6.41. The predicted octanol–water partition coefficient (Wildman–Crippen LogP) is 16.3. The van der Waals surface area contributed by atoms with E-state index in [0.717, 1.165) is 6.42 Å². The molecule has 0 heterocycles. The fourth-order valence-electron chi connectivity index (χ4n) is 11.0. The van der Waals surface area contributed by atoms with Gasteiger partial charge < -0.3 is 5.73 Å². The van der Waals surface area contributed by atoms with Crippen LogP contribution in [0.2, 0.25) is 0 Å². The van der Waals surface area contributed by atoms with Gasteiger partial charge in [0.05, 0.1) is 11.0 Å². The van der Waals surface area contributed by atoms with Gasteiger partial charge in [0, 0.05) is 5.92 Å². The number of allylic oxidation sites excluding steroid dienone is 2. The maximum atomic E-state index is 6.41. The first kappa shape index (κ1) is 42.6. The second-order valence-corrected chi connectivity index (χ2v) is 18.7. The van der Waals surface area contributed by atoms with Crippen molar-refractivity contribution in [2.75, 3.05) is 0 Å². The maximum Gasteiger partial charge on any atom is 0.0713 e. The lowest BCUT2D eigenvalue weighted by atomic mass is 9.67. The molecule has 0 radical (unpaired) electrons. The molecule has 13 rings (SSSR count). The van der Waals surface area contributed by atoms with Gasteiger partial charge in [-0.05, 0) is 127 Å². The lowest BCUT2D eigenvalue weighted by molar-refractivity contribution is 0.365. The summed E-state index contributed by atoms with van der Waals surface area (Å²) in [6, 6.07) is 83.9. The van der Waals surface area contributed by atoms with E-state index in [1.807, 2.05) is 24.3 Å². The Morgan fingerprint density at radius 3 is 1.63 bits per heavy atom. The van der Waals surface area contributed by atoms with Gasteiger partial charge in [-0.25, -0.2) is 0 Å². The Bertz CT molecular complexity index is 3570. The third kappa shape index (κ3) is 7.36. The molecule has 3 atom stereocenters. The van der Waals surface area contributed by atoms with Crippen LogP contribution in [0.4, 0.5) is 0 Å². The van der Waals surface area contributed by atoms with Crippen molar-refractivity contribution in [3.8, 4) is 45.2 Å². The highest BCUT2D eigenvalue weighted by Gasteiger charge is 2.46. The zero-order chi connectivity index (χ0) is 46.2. The number of nitrogens with two attached hydrogens (primary N) is 1. The molecule has 0 amide bonds. The van der Waals surface area contributed by atoms with Gasteiger partial charge in [0.1, 0.15) is 0 Å². The summed E-state index contributed by atoms with van der Waals surface area (Å²) in [5.41, 5.74) is 25.0. The minimum absolute atomic E-state index is 0.271. The Balaban J connectivity index is 0.000000188. The lowest BCUT2D eigenvalue weighted by Gasteiger charge is -2.39. The molecule has 68 heavy (non-hydrogen) atoms. The summed E-state index contributed by atoms with van der Waals surface area (Å²) in [5.74, 6) is 6.59. The van der Waals surface area contributed by atoms with E-state index in [2.05, 4.69) is 245 Å². The van der Waals surface area contributed by atoms with Crippen molar-refractivity contribution in [2.24, 2.45) is 11.7 Å². The first-order chi connectivity index (χ1) is 33.3. The molecular weight excluding hydrogens is 819 g/mol. The molecule has 3 unspecified atom stereocenters. The van der Waals surface area contributed by atoms with Crippen LogP contribution in [0.25, 0.3) is 60.5 Å². The molecule has 2 N–H and O–H groups in total. The Labute approximate surface area is 401 Å². The van der Waals surface area contributed by atoms with Gasteiger partial charge in [-0.3, -0.25) is 0 Å². The summed E-state index contributed by atoms with van der Waals surface area (Å²) in [6.07, 6.45) is 3.03. The smallest absolute Gasteiger partial charge is 0.0713 e. The highest BCUT2D eigenvalue weighted by Crippen LogP contribution is 2.58. The number of hydrogen-bond acceptors (Lipinski definition) is 1. The van der Waals surface area contributed by atoms with Crippen LogP contribution in [-0.2, 0) is 11.0 Å². The molecule has 0 spiro atoms. The van der Waals surface area contributed by atoms with E-state index in [9.17, 15) is 0 Å². The van der Waals surface area contributed by atoms with Crippen LogP contribution in [0.5, 0.6) is 0 Å². The summed E-state index contributed by atoms with van der Waals surface area (Å²) >= 11 is 0. The fourth-order valence-corrected chi connectivity index (χ4v) is 11.0. The van der Waals surface area contributed by atoms with Gasteiger partial charge >= 0.3 is 0 Å². The molecular formula is C67H53N. The first-order valence-electron chi connectivity index (χ1n) is 23.8. The molecule has 326 valence electrons. The average molecular weight is 872 g/mol. The molecule has 1 heteroatoms. The molecule has 10 aromatic carbocycles. The van der Waals surface area contributed by atoms with Crippen molar-refractivity contribution in [3.05, 3.63) is 281 Å². The highest BCUT2D eigenvalue weighted by atomic mass is 14.8. The van der Waals surface area contributed by atoms with Crippen LogP contribution in [0.3, 0.4) is 0 Å². The minimum Gasteiger partial charge on any atom is -0.321 e. The van der Waals surface area contributed by atoms with Gasteiger partial charge in [0.25, 0.3) is 0 Å². The summed E-state index contributed by atoms with van der Waals surface area (Å²) in [5, 5.41) is 5.11. The van der Waals surface area contributed by atoms with Gasteiger partial charge in [0.15, 0.2) is 0 Å². The zero-order valence-electron chi connectivity index (χ0n) is 38.9. The number of rotatable bonds is 4. The Hall–Kier alpha value is -8.02. The third-order valence-corrected chi connectivity index (χ3v) is 14.5. The SMILES string of the molecule is CC1(N)c2ccccc2C2=CC#CC1C2.Cc1ccc(-c2c(-c3ccc(C4(c5ccccc5)c5ccccc5-c5c4ccc4ccccc54)cc3)ccc3ccccc23)cc1.Cc1ccccc1. The van der Waals surface area contributed by atoms with E-state index in [-0.39, 0.29) is 11.5 Å². The van der Waals surface area contributed by atoms with Gasteiger partial charge in [-0.2, -0.15) is 0 Å². The second-order valence-electron chi connectivity index (χ2n) is 18.7. The van der Waals surface area contributed by atoms with Crippen molar-refractivity contribution >= 4 is 27.1 Å². The van der Waals surface area contributed by atoms with E-state index >= 15 is 0 Å². The molecule has 2 bridgehead atoms. The van der Waals surface area contributed by atoms with Crippen molar-refractivity contribution in [1.82, 2.24) is 0 Å². The first-order valence-corrected chi connectivity index (χ1v) is 23.8. The van der Waals surface area contributed by atoms with Crippen LogP contribution in [0, 0.1) is 31.6 Å². The summed E-state index contributed by atoms with van der Waals surface area (Å²) < 4.78 is 0. The molecule has 0 aromatic heterocycles. The largest absolute Gasteiger partial charge is 0.321 e. The third-order valence-electron chi connectivity index (χ3n) is 14.5. The monoisotopic (exact) mass is 871 g/mol. The fraction of sp³-hybridized carbons (Fsp3) is 0.104. The van der Waals surface area contributed by atoms with Crippen LogP contribution in [-0.4, -0.2) is 0 Å². The van der Waals surface area contributed by atoms with Crippen molar-refractivity contribution in [1.29, 1.82) is 0 Å². The number of benzene rings is 10. The molecule has 0 aliphatic heterocycles. The van der Waals surface area contributed by atoms with Gasteiger partial charge in [-0.15, -0.1) is 0 Å². The Kier molecular flexibility index (Phi) is 11.1. The van der Waals surface area contributed by atoms with E-state index in [0.29, 0.717) is 0 Å². The average Bonchev–Trinajstić information content (AvgIpc) is 3.71. The molecule has 0 saturated carbocycles. The van der Waals surface area contributed by atoms with Gasteiger partial charge in [-0.1, -0.05) is 253 Å². The van der Waals surface area contributed by atoms with Crippen LogP contribution in [0.1, 0.15) is 57.9 Å². The number of aryl methyl sites for hydroxylation is 2. The van der Waals surface area contributed by atoms with Crippen LogP contribution >= 0.6 is 0 Å². The van der Waals surface area contributed by atoms with E-state index in [1.165, 1.54) is 105 Å². The molecule has 1 nitrogen and oxygen atoms in total. The lowest BCUT2D eigenvalue weighted by Crippen LogP contribution is -2.44. The van der Waals surface area contributed by atoms with Crippen molar-refractivity contribution in [2.45, 2.75) is 38.1 Å². The highest BCUT2D eigenvalue weighted by molar-refractivity contribution is 6.05. The van der Waals surface area contributed by atoms with Crippen molar-refractivity contribution in [3.63, 3.8) is 0 Å². The summed E-state index contributed by atoms with van der Waals surface area (Å²) in [6.45, 7) is 6.32. The van der Waals surface area contributed by atoms with Crippen molar-refractivity contribution < 1.29 is 0 Å². The molecule has 0 fully saturated rings. The van der Waals surface area contributed by atoms with E-state index in [1.54, 1.807) is 0 Å². The topological polar surface area (TPSA) is 26.0 Å². The number of fused-ring (bicyclic) bond motifs is 10. The second kappa shape index (κ2) is 17.7. The Morgan fingerprint density at radius 1 is 0.426 bits per heavy atom. The summed E-state index contributed by atoms with van der Waals surface area (Å²) in [7, 11) is 0. The quantitative estimate of drug-likeness (QED) is 0.175. The van der Waals surface area contributed by atoms with Gasteiger partial charge in [0.2, 0.25) is 0 Å². The predicted molar refractivity (Wildman–Crippen MR) is 287 cm³/mol. The molecule has 3 aliphatic carbocycles. The molecule has 3 aliphatic rings. The number of hydrogen-bond donors (Lipinski definition) is 1. The standard InChI is InChI=1S/C46H32.C14H13N.C7H8/c1-31-19-21-35(22-20-31)44-38-15-7-5-11-32(38)25-29-40(44)34-23-27-37(28-24-34)46(36-13-3-2-4-14-36)42-18-10-9-17-41(42)45-39-16-8-6-12-33(39)26-30-43(45)46;1-14(15)11-6-4-5-10(9-11)12-7-2-3-8-13(12)14;1-7-5-3-2-4-6-7/h2-30H,1H3;2-3,5,7-8,11H,9,15H2,1H3;2-6H,1H3. The zero-order valence-corrected chi connectivity index (χ0v) is 38.9. The normalized spacial score (nSPS) is 18.0.